The molecule has 0 aromatic carbocycles. The second-order valence-corrected chi connectivity index (χ2v) is 7.03. The fourth-order valence-corrected chi connectivity index (χ4v) is 3.82. The Hall–Kier alpha value is -0.700. The van der Waals surface area contributed by atoms with Crippen LogP contribution in [0.1, 0.15) is 38.1 Å². The first-order valence-corrected chi connectivity index (χ1v) is 9.12. The van der Waals surface area contributed by atoms with E-state index in [1.54, 1.807) is 11.8 Å². The van der Waals surface area contributed by atoms with Crippen LogP contribution in [0.4, 0.5) is 0 Å². The molecule has 0 spiro atoms. The van der Waals surface area contributed by atoms with Gasteiger partial charge in [-0.3, -0.25) is 9.58 Å². The van der Waals surface area contributed by atoms with Gasteiger partial charge in [0.15, 0.2) is 0 Å². The number of nitriles is 1. The highest BCUT2D eigenvalue weighted by Gasteiger charge is 2.34. The van der Waals surface area contributed by atoms with Crippen LogP contribution in [-0.2, 0) is 19.5 Å². The normalized spacial score (nSPS) is 18.6. The summed E-state index contributed by atoms with van der Waals surface area (Å²) in [5.74, 6) is 0. The molecular formula is C15H23ClN4S. The molecule has 2 heterocycles. The lowest BCUT2D eigenvalue weighted by molar-refractivity contribution is 0.204. The highest BCUT2D eigenvalue weighted by atomic mass is 35.5. The van der Waals surface area contributed by atoms with Crippen molar-refractivity contribution >= 4 is 23.4 Å². The average molecular weight is 327 g/mol. The molecule has 0 aliphatic carbocycles. The molecule has 0 amide bonds. The molecule has 0 atom stereocenters. The van der Waals surface area contributed by atoms with Gasteiger partial charge in [-0.05, 0) is 32.4 Å². The maximum Gasteiger partial charge on any atom is 0.104 e. The van der Waals surface area contributed by atoms with E-state index < -0.39 is 0 Å². The smallest absolute Gasteiger partial charge is 0.104 e. The number of halogens is 1. The summed E-state index contributed by atoms with van der Waals surface area (Å²) in [4.78, 5) is 2.39. The van der Waals surface area contributed by atoms with Gasteiger partial charge in [-0.1, -0.05) is 18.5 Å². The van der Waals surface area contributed by atoms with Crippen molar-refractivity contribution in [3.63, 3.8) is 0 Å². The van der Waals surface area contributed by atoms with Gasteiger partial charge in [0, 0.05) is 26.2 Å². The Balaban J connectivity index is 2.07. The molecule has 2 rings (SSSR count). The van der Waals surface area contributed by atoms with E-state index in [1.165, 1.54) is 0 Å². The van der Waals surface area contributed by atoms with Crippen molar-refractivity contribution in [2.75, 3.05) is 19.3 Å². The lowest BCUT2D eigenvalue weighted by atomic mass is 9.97. The third kappa shape index (κ3) is 3.39. The Morgan fingerprint density at radius 2 is 2.05 bits per heavy atom. The second-order valence-electron chi connectivity index (χ2n) is 5.46. The molecule has 0 saturated carbocycles. The van der Waals surface area contributed by atoms with Crippen LogP contribution in [0.5, 0.6) is 0 Å². The van der Waals surface area contributed by atoms with Gasteiger partial charge >= 0.3 is 0 Å². The zero-order valence-corrected chi connectivity index (χ0v) is 14.6. The Labute approximate surface area is 136 Å². The van der Waals surface area contributed by atoms with Crippen LogP contribution in [0.15, 0.2) is 0 Å². The van der Waals surface area contributed by atoms with E-state index in [0.29, 0.717) is 0 Å². The standard InChI is InChI=1S/C15H23ClN4S/c1-4-12-14(16)13(20(5-2)18-12)10-19-8-6-15(11-17,21-3)7-9-19/h4-10H2,1-3H3. The molecule has 1 aromatic rings. The van der Waals surface area contributed by atoms with E-state index in [2.05, 4.69) is 29.9 Å². The summed E-state index contributed by atoms with van der Waals surface area (Å²) >= 11 is 8.16. The van der Waals surface area contributed by atoms with Gasteiger partial charge in [0.2, 0.25) is 0 Å². The van der Waals surface area contributed by atoms with E-state index in [9.17, 15) is 5.26 Å². The average Bonchev–Trinajstić information content (AvgIpc) is 2.84. The molecule has 1 aliphatic heterocycles. The highest BCUT2D eigenvalue weighted by Crippen LogP contribution is 2.34. The van der Waals surface area contributed by atoms with E-state index in [0.717, 1.165) is 61.9 Å². The number of piperidine rings is 1. The Bertz CT molecular complexity index is 527. The molecule has 1 aromatic heterocycles. The number of thioether (sulfide) groups is 1. The quantitative estimate of drug-likeness (QED) is 0.832. The molecule has 0 N–H and O–H groups in total. The van der Waals surface area contributed by atoms with Crippen molar-refractivity contribution in [1.29, 1.82) is 5.26 Å². The second kappa shape index (κ2) is 7.04. The topological polar surface area (TPSA) is 44.9 Å². The van der Waals surface area contributed by atoms with Gasteiger partial charge in [0.1, 0.15) is 4.75 Å². The molecule has 0 unspecified atom stereocenters. The van der Waals surface area contributed by atoms with Gasteiger partial charge in [-0.25, -0.2) is 0 Å². The van der Waals surface area contributed by atoms with E-state index in [1.807, 2.05) is 10.9 Å². The predicted molar refractivity (Wildman–Crippen MR) is 88.7 cm³/mol. The molecular weight excluding hydrogens is 304 g/mol. The first-order valence-electron chi connectivity index (χ1n) is 7.52. The summed E-state index contributed by atoms with van der Waals surface area (Å²) in [6, 6.07) is 2.49. The Morgan fingerprint density at radius 1 is 1.38 bits per heavy atom. The maximum absolute atomic E-state index is 9.35. The number of hydrogen-bond acceptors (Lipinski definition) is 4. The first-order chi connectivity index (χ1) is 10.1. The van der Waals surface area contributed by atoms with Crippen LogP contribution in [0, 0.1) is 11.3 Å². The summed E-state index contributed by atoms with van der Waals surface area (Å²) in [5.41, 5.74) is 2.10. The van der Waals surface area contributed by atoms with Gasteiger partial charge < -0.3 is 0 Å². The van der Waals surface area contributed by atoms with Crippen LogP contribution >= 0.6 is 23.4 Å². The van der Waals surface area contributed by atoms with Crippen molar-refractivity contribution in [2.24, 2.45) is 0 Å². The van der Waals surface area contributed by atoms with Crippen LogP contribution in [0.3, 0.4) is 0 Å². The van der Waals surface area contributed by atoms with Crippen molar-refractivity contribution in [1.82, 2.24) is 14.7 Å². The zero-order valence-electron chi connectivity index (χ0n) is 13.0. The molecule has 0 radical (unpaired) electrons. The summed E-state index contributed by atoms with van der Waals surface area (Å²) in [6.45, 7) is 7.74. The van der Waals surface area contributed by atoms with Crippen LogP contribution < -0.4 is 0 Å². The molecule has 6 heteroatoms. The SMILES string of the molecule is CCc1nn(CC)c(CN2CCC(C#N)(SC)CC2)c1Cl. The van der Waals surface area contributed by atoms with Gasteiger partial charge in [0.05, 0.1) is 22.5 Å². The Morgan fingerprint density at radius 3 is 2.52 bits per heavy atom. The number of aromatic nitrogens is 2. The summed E-state index contributed by atoms with van der Waals surface area (Å²) in [6.07, 6.45) is 4.74. The lowest BCUT2D eigenvalue weighted by Gasteiger charge is -2.36. The highest BCUT2D eigenvalue weighted by molar-refractivity contribution is 8.00. The van der Waals surface area contributed by atoms with Crippen molar-refractivity contribution < 1.29 is 0 Å². The summed E-state index contributed by atoms with van der Waals surface area (Å²) < 4.78 is 1.82. The van der Waals surface area contributed by atoms with E-state index in [-0.39, 0.29) is 4.75 Å². The van der Waals surface area contributed by atoms with Gasteiger partial charge in [-0.15, -0.1) is 11.8 Å². The molecule has 1 saturated heterocycles. The minimum absolute atomic E-state index is 0.195. The number of rotatable bonds is 5. The zero-order chi connectivity index (χ0) is 15.5. The van der Waals surface area contributed by atoms with Crippen molar-refractivity contribution in [3.8, 4) is 6.07 Å². The number of nitrogens with zero attached hydrogens (tertiary/aromatic N) is 4. The Kier molecular flexibility index (Phi) is 5.59. The molecule has 1 aliphatic rings. The molecule has 116 valence electrons. The van der Waals surface area contributed by atoms with E-state index >= 15 is 0 Å². The van der Waals surface area contributed by atoms with Crippen LogP contribution in [0.25, 0.3) is 0 Å². The minimum Gasteiger partial charge on any atom is -0.297 e. The number of likely N-dealkylation sites (tertiary alicyclic amines) is 1. The van der Waals surface area contributed by atoms with Crippen LogP contribution in [0.2, 0.25) is 5.02 Å². The number of hydrogen-bond donors (Lipinski definition) is 0. The first kappa shape index (κ1) is 16.7. The van der Waals surface area contributed by atoms with Gasteiger partial charge in [-0.2, -0.15) is 10.4 Å². The third-order valence-electron chi connectivity index (χ3n) is 4.33. The summed E-state index contributed by atoms with van der Waals surface area (Å²) in [7, 11) is 0. The maximum atomic E-state index is 9.35. The van der Waals surface area contributed by atoms with E-state index in [4.69, 9.17) is 11.6 Å². The van der Waals surface area contributed by atoms with Crippen molar-refractivity contribution in [3.05, 3.63) is 16.4 Å². The molecule has 0 bridgehead atoms. The fourth-order valence-electron chi connectivity index (χ4n) is 2.81. The van der Waals surface area contributed by atoms with Gasteiger partial charge in [0.25, 0.3) is 0 Å². The van der Waals surface area contributed by atoms with Crippen LogP contribution in [-0.4, -0.2) is 38.8 Å². The fraction of sp³-hybridized carbons (Fsp3) is 0.733. The third-order valence-corrected chi connectivity index (χ3v) is 6.04. The molecule has 4 nitrogen and oxygen atoms in total. The number of aryl methyl sites for hydroxylation is 2. The van der Waals surface area contributed by atoms with Crippen molar-refractivity contribution in [2.45, 2.75) is 50.9 Å². The molecule has 1 fully saturated rings. The lowest BCUT2D eigenvalue weighted by Crippen LogP contribution is -2.41. The minimum atomic E-state index is -0.195. The molecule has 21 heavy (non-hydrogen) atoms. The predicted octanol–water partition coefficient (Wildman–Crippen LogP) is 3.34. The largest absolute Gasteiger partial charge is 0.297 e. The summed E-state index contributed by atoms with van der Waals surface area (Å²) in [5, 5.41) is 14.7. The monoisotopic (exact) mass is 326 g/mol.